The highest BCUT2D eigenvalue weighted by Gasteiger charge is 2.27. The largest absolute Gasteiger partial charge is 0.469 e. The lowest BCUT2D eigenvalue weighted by Crippen LogP contribution is -2.50. The van der Waals surface area contributed by atoms with Gasteiger partial charge in [0.05, 0.1) is 11.8 Å². The summed E-state index contributed by atoms with van der Waals surface area (Å²) >= 11 is 0. The van der Waals surface area contributed by atoms with Gasteiger partial charge in [-0.05, 0) is 37.1 Å². The van der Waals surface area contributed by atoms with Crippen LogP contribution in [-0.2, 0) is 6.42 Å². The molecule has 1 aliphatic heterocycles. The number of nitrogens with zero attached hydrogens (tertiary/aromatic N) is 2. The molecule has 138 valence electrons. The molecular weight excluding hydrogens is 335 g/mol. The Morgan fingerprint density at radius 2 is 1.73 bits per heavy atom. The third kappa shape index (κ3) is 3.64. The molecule has 0 radical (unpaired) electrons. The molecule has 0 N–H and O–H groups in total. The first-order chi connectivity index (χ1) is 12.5. The van der Waals surface area contributed by atoms with Gasteiger partial charge in [-0.1, -0.05) is 13.0 Å². The van der Waals surface area contributed by atoms with Gasteiger partial charge in [-0.3, -0.25) is 9.59 Å². The molecule has 1 saturated heterocycles. The highest BCUT2D eigenvalue weighted by atomic mass is 19.1. The molecule has 5 nitrogen and oxygen atoms in total. The van der Waals surface area contributed by atoms with Crippen LogP contribution in [0, 0.1) is 12.7 Å². The van der Waals surface area contributed by atoms with E-state index < -0.39 is 0 Å². The van der Waals surface area contributed by atoms with Gasteiger partial charge in [0, 0.05) is 38.2 Å². The van der Waals surface area contributed by atoms with Crippen molar-refractivity contribution in [2.45, 2.75) is 26.7 Å². The fourth-order valence-corrected chi connectivity index (χ4v) is 3.14. The van der Waals surface area contributed by atoms with Crippen molar-refractivity contribution >= 4 is 11.8 Å². The molecule has 0 spiro atoms. The molecular formula is C20H23FN2O3. The Balaban J connectivity index is 1.63. The van der Waals surface area contributed by atoms with Crippen LogP contribution in [-0.4, -0.2) is 47.8 Å². The molecule has 1 fully saturated rings. The lowest BCUT2D eigenvalue weighted by atomic mass is 10.1. The van der Waals surface area contributed by atoms with Crippen LogP contribution in [0.5, 0.6) is 0 Å². The number of amides is 2. The van der Waals surface area contributed by atoms with Crippen LogP contribution >= 0.6 is 0 Å². The molecule has 3 rings (SSSR count). The summed E-state index contributed by atoms with van der Waals surface area (Å²) < 4.78 is 19.1. The van der Waals surface area contributed by atoms with Gasteiger partial charge < -0.3 is 14.2 Å². The van der Waals surface area contributed by atoms with E-state index in [2.05, 4.69) is 0 Å². The second-order valence-corrected chi connectivity index (χ2v) is 6.56. The smallest absolute Gasteiger partial charge is 0.257 e. The van der Waals surface area contributed by atoms with Gasteiger partial charge in [0.25, 0.3) is 11.8 Å². The average molecular weight is 358 g/mol. The van der Waals surface area contributed by atoms with Crippen LogP contribution < -0.4 is 0 Å². The maximum absolute atomic E-state index is 13.7. The summed E-state index contributed by atoms with van der Waals surface area (Å²) in [4.78, 5) is 28.6. The summed E-state index contributed by atoms with van der Waals surface area (Å²) in [5.41, 5.74) is 1.46. The predicted molar refractivity (Wildman–Crippen MR) is 95.6 cm³/mol. The standard InChI is InChI=1S/C20H23FN2O3/c1-3-4-18-16(7-12-26-18)20(25)23-10-8-22(9-11-23)19(24)15-6-5-14(2)17(21)13-15/h5-7,12-13H,3-4,8-11H2,1-2H3. The SMILES string of the molecule is CCCc1occc1C(=O)N1CCN(C(=O)c2ccc(C)c(F)c2)CC1. The first kappa shape index (κ1) is 18.2. The van der Waals surface area contributed by atoms with Crippen molar-refractivity contribution in [1.29, 1.82) is 0 Å². The Morgan fingerprint density at radius 3 is 2.35 bits per heavy atom. The van der Waals surface area contributed by atoms with E-state index in [0.29, 0.717) is 48.6 Å². The van der Waals surface area contributed by atoms with Crippen LogP contribution in [0.3, 0.4) is 0 Å². The third-order valence-electron chi connectivity index (χ3n) is 4.73. The molecule has 0 saturated carbocycles. The summed E-state index contributed by atoms with van der Waals surface area (Å²) in [6, 6.07) is 6.23. The van der Waals surface area contributed by atoms with Crippen molar-refractivity contribution < 1.29 is 18.4 Å². The fourth-order valence-electron chi connectivity index (χ4n) is 3.14. The number of rotatable bonds is 4. The minimum Gasteiger partial charge on any atom is -0.469 e. The lowest BCUT2D eigenvalue weighted by Gasteiger charge is -2.34. The molecule has 0 bridgehead atoms. The molecule has 0 aliphatic carbocycles. The minimum atomic E-state index is -0.381. The second kappa shape index (κ2) is 7.72. The third-order valence-corrected chi connectivity index (χ3v) is 4.73. The Kier molecular flexibility index (Phi) is 5.40. The van der Waals surface area contributed by atoms with E-state index in [4.69, 9.17) is 4.42 Å². The molecule has 1 aliphatic rings. The van der Waals surface area contributed by atoms with E-state index in [1.165, 1.54) is 6.07 Å². The quantitative estimate of drug-likeness (QED) is 0.843. The molecule has 2 heterocycles. The molecule has 1 aromatic carbocycles. The Hall–Kier alpha value is -2.63. The van der Waals surface area contributed by atoms with Crippen LogP contribution in [0.2, 0.25) is 0 Å². The van der Waals surface area contributed by atoms with Crippen molar-refractivity contribution in [2.24, 2.45) is 0 Å². The number of piperazine rings is 1. The first-order valence-corrected chi connectivity index (χ1v) is 8.92. The van der Waals surface area contributed by atoms with E-state index >= 15 is 0 Å². The maximum Gasteiger partial charge on any atom is 0.257 e. The lowest BCUT2D eigenvalue weighted by molar-refractivity contribution is 0.0534. The highest BCUT2D eigenvalue weighted by Crippen LogP contribution is 2.18. The van der Waals surface area contributed by atoms with E-state index in [1.807, 2.05) is 6.92 Å². The molecule has 2 amide bonds. The van der Waals surface area contributed by atoms with Crippen LogP contribution in [0.1, 0.15) is 45.4 Å². The highest BCUT2D eigenvalue weighted by molar-refractivity contribution is 5.96. The van der Waals surface area contributed by atoms with Gasteiger partial charge in [-0.25, -0.2) is 4.39 Å². The van der Waals surface area contributed by atoms with E-state index in [-0.39, 0.29) is 17.6 Å². The number of carbonyl (C=O) groups excluding carboxylic acids is 2. The predicted octanol–water partition coefficient (Wildman–Crippen LogP) is 3.28. The normalized spacial score (nSPS) is 14.6. The Morgan fingerprint density at radius 1 is 1.08 bits per heavy atom. The van der Waals surface area contributed by atoms with Crippen molar-refractivity contribution in [1.82, 2.24) is 9.80 Å². The van der Waals surface area contributed by atoms with Crippen molar-refractivity contribution in [3.05, 3.63) is 58.8 Å². The Bertz CT molecular complexity index is 807. The van der Waals surface area contributed by atoms with Gasteiger partial charge in [0.1, 0.15) is 11.6 Å². The number of aryl methyl sites for hydroxylation is 2. The second-order valence-electron chi connectivity index (χ2n) is 6.56. The number of benzene rings is 1. The zero-order valence-electron chi connectivity index (χ0n) is 15.1. The van der Waals surface area contributed by atoms with Crippen LogP contribution in [0.25, 0.3) is 0 Å². The van der Waals surface area contributed by atoms with Gasteiger partial charge in [-0.15, -0.1) is 0 Å². The van der Waals surface area contributed by atoms with Gasteiger partial charge >= 0.3 is 0 Å². The summed E-state index contributed by atoms with van der Waals surface area (Å²) in [5, 5.41) is 0. The molecule has 26 heavy (non-hydrogen) atoms. The van der Waals surface area contributed by atoms with E-state index in [0.717, 1.165) is 12.8 Å². The van der Waals surface area contributed by atoms with Crippen LogP contribution in [0.4, 0.5) is 4.39 Å². The number of halogens is 1. The molecule has 2 aromatic rings. The number of furan rings is 1. The number of carbonyl (C=O) groups is 2. The number of hydrogen-bond acceptors (Lipinski definition) is 3. The molecule has 6 heteroatoms. The molecule has 0 atom stereocenters. The zero-order chi connectivity index (χ0) is 18.7. The van der Waals surface area contributed by atoms with Gasteiger partial charge in [0.2, 0.25) is 0 Å². The van der Waals surface area contributed by atoms with Crippen molar-refractivity contribution in [3.63, 3.8) is 0 Å². The van der Waals surface area contributed by atoms with Gasteiger partial charge in [-0.2, -0.15) is 0 Å². The van der Waals surface area contributed by atoms with Crippen molar-refractivity contribution in [3.8, 4) is 0 Å². The topological polar surface area (TPSA) is 53.8 Å². The average Bonchev–Trinajstić information content (AvgIpc) is 3.11. The molecule has 1 aromatic heterocycles. The van der Waals surface area contributed by atoms with Gasteiger partial charge in [0.15, 0.2) is 0 Å². The van der Waals surface area contributed by atoms with Crippen LogP contribution in [0.15, 0.2) is 34.9 Å². The summed E-state index contributed by atoms with van der Waals surface area (Å²) in [6.45, 7) is 5.47. The number of hydrogen-bond donors (Lipinski definition) is 0. The van der Waals surface area contributed by atoms with Crippen molar-refractivity contribution in [2.75, 3.05) is 26.2 Å². The van der Waals surface area contributed by atoms with E-state index in [9.17, 15) is 14.0 Å². The minimum absolute atomic E-state index is 0.0596. The monoisotopic (exact) mass is 358 g/mol. The zero-order valence-corrected chi connectivity index (χ0v) is 15.1. The fraction of sp³-hybridized carbons (Fsp3) is 0.400. The van der Waals surface area contributed by atoms with E-state index in [1.54, 1.807) is 41.2 Å². The summed E-state index contributed by atoms with van der Waals surface area (Å²) in [5.74, 6) is 0.0703. The maximum atomic E-state index is 13.7. The molecule has 0 unspecified atom stereocenters. The first-order valence-electron chi connectivity index (χ1n) is 8.92. The Labute approximate surface area is 152 Å². The summed E-state index contributed by atoms with van der Waals surface area (Å²) in [7, 11) is 0. The summed E-state index contributed by atoms with van der Waals surface area (Å²) in [6.07, 6.45) is 3.18.